The monoisotopic (exact) mass is 283 g/mol. The molecule has 78 valence electrons. The van der Waals surface area contributed by atoms with Crippen molar-refractivity contribution >= 4 is 38.6 Å². The lowest BCUT2D eigenvalue weighted by atomic mass is 10.2. The summed E-state index contributed by atoms with van der Waals surface area (Å²) in [4.78, 5) is 5.20. The van der Waals surface area contributed by atoms with Crippen molar-refractivity contribution in [1.29, 1.82) is 0 Å². The Bertz CT molecular complexity index is 442. The van der Waals surface area contributed by atoms with Gasteiger partial charge < -0.3 is 11.1 Å². The predicted molar refractivity (Wildman–Crippen MR) is 68.0 cm³/mol. The first kappa shape index (κ1) is 10.4. The van der Waals surface area contributed by atoms with Gasteiger partial charge in [-0.15, -0.1) is 11.3 Å². The molecule has 15 heavy (non-hydrogen) atoms. The fourth-order valence-corrected chi connectivity index (χ4v) is 2.12. The second-order valence-corrected chi connectivity index (χ2v) is 4.94. The number of nitrogens with one attached hydrogen (secondary N) is 1. The van der Waals surface area contributed by atoms with Crippen LogP contribution < -0.4 is 11.1 Å². The lowest BCUT2D eigenvalue weighted by Crippen LogP contribution is -2.00. The van der Waals surface area contributed by atoms with Gasteiger partial charge in [-0.25, -0.2) is 0 Å². The minimum absolute atomic E-state index is 0.744. The smallest absolute Gasteiger partial charge is 0.0794 e. The summed E-state index contributed by atoms with van der Waals surface area (Å²) in [7, 11) is 0. The van der Waals surface area contributed by atoms with Crippen molar-refractivity contribution in [2.24, 2.45) is 0 Å². The number of halogens is 1. The number of nitrogen functional groups attached to an aromatic ring is 1. The van der Waals surface area contributed by atoms with E-state index >= 15 is 0 Å². The molecule has 2 rings (SSSR count). The fourth-order valence-electron chi connectivity index (χ4n) is 1.21. The molecule has 0 fully saturated rings. The molecule has 0 aliphatic carbocycles. The molecule has 0 aliphatic rings. The summed E-state index contributed by atoms with van der Waals surface area (Å²) in [6, 6.07) is 5.81. The Morgan fingerprint density at radius 3 is 3.00 bits per heavy atom. The highest BCUT2D eigenvalue weighted by Crippen LogP contribution is 2.23. The fraction of sp³-hybridized carbons (Fsp3) is 0.100. The van der Waals surface area contributed by atoms with Crippen LogP contribution in [0.2, 0.25) is 0 Å². The zero-order chi connectivity index (χ0) is 10.7. The van der Waals surface area contributed by atoms with Gasteiger partial charge in [-0.1, -0.05) is 15.9 Å². The van der Waals surface area contributed by atoms with Gasteiger partial charge in [-0.05, 0) is 18.2 Å². The van der Waals surface area contributed by atoms with Gasteiger partial charge in [0.15, 0.2) is 0 Å². The molecule has 0 amide bonds. The molecule has 3 N–H and O–H groups in total. The first-order chi connectivity index (χ1) is 7.25. The third-order valence-electron chi connectivity index (χ3n) is 1.95. The van der Waals surface area contributed by atoms with Crippen LogP contribution in [0.25, 0.3) is 0 Å². The molecule has 0 spiro atoms. The quantitative estimate of drug-likeness (QED) is 0.851. The number of rotatable bonds is 3. The number of anilines is 2. The first-order valence-corrected chi connectivity index (χ1v) is 6.09. The van der Waals surface area contributed by atoms with Gasteiger partial charge in [0, 0.05) is 15.5 Å². The topological polar surface area (TPSA) is 50.9 Å². The Balaban J connectivity index is 2.05. The number of hydrogen-bond acceptors (Lipinski definition) is 4. The Morgan fingerprint density at radius 1 is 1.47 bits per heavy atom. The van der Waals surface area contributed by atoms with E-state index in [9.17, 15) is 0 Å². The Morgan fingerprint density at radius 2 is 2.33 bits per heavy atom. The summed E-state index contributed by atoms with van der Waals surface area (Å²) in [6.45, 7) is 0.760. The normalized spacial score (nSPS) is 10.2. The number of thiazole rings is 1. The largest absolute Gasteiger partial charge is 0.397 e. The summed E-state index contributed by atoms with van der Waals surface area (Å²) in [5.41, 5.74) is 9.37. The zero-order valence-corrected chi connectivity index (χ0v) is 10.3. The van der Waals surface area contributed by atoms with Crippen molar-refractivity contribution in [2.45, 2.75) is 6.54 Å². The van der Waals surface area contributed by atoms with Gasteiger partial charge in [-0.2, -0.15) is 0 Å². The summed E-state index contributed by atoms with van der Waals surface area (Å²) in [5, 5.41) is 3.27. The van der Waals surface area contributed by atoms with Gasteiger partial charge in [0.05, 0.1) is 23.4 Å². The molecular formula is C10H10BrN3S. The number of nitrogens with two attached hydrogens (primary N) is 1. The van der Waals surface area contributed by atoms with Crippen LogP contribution in [0, 0.1) is 0 Å². The van der Waals surface area contributed by atoms with Crippen molar-refractivity contribution in [3.8, 4) is 0 Å². The molecule has 5 heteroatoms. The number of nitrogens with zero attached hydrogens (tertiary/aromatic N) is 1. The molecule has 0 saturated heterocycles. The van der Waals surface area contributed by atoms with Crippen molar-refractivity contribution in [2.75, 3.05) is 11.1 Å². The standard InChI is InChI=1S/C10H10BrN3S/c11-7-1-2-10(9(12)3-7)14-5-8-4-13-6-15-8/h1-4,6,14H,5,12H2. The third-order valence-corrected chi connectivity index (χ3v) is 3.22. The summed E-state index contributed by atoms with van der Waals surface area (Å²) in [6.07, 6.45) is 1.85. The second-order valence-electron chi connectivity index (χ2n) is 3.05. The SMILES string of the molecule is Nc1cc(Br)ccc1NCc1cncs1. The van der Waals surface area contributed by atoms with Crippen molar-refractivity contribution < 1.29 is 0 Å². The van der Waals surface area contributed by atoms with Crippen molar-refractivity contribution in [1.82, 2.24) is 4.98 Å². The average molecular weight is 284 g/mol. The predicted octanol–water partition coefficient (Wildman–Crippen LogP) is 3.10. The molecule has 1 aromatic heterocycles. The zero-order valence-electron chi connectivity index (χ0n) is 7.90. The van der Waals surface area contributed by atoms with Crippen LogP contribution >= 0.6 is 27.3 Å². The van der Waals surface area contributed by atoms with Crippen molar-refractivity contribution in [3.63, 3.8) is 0 Å². The Labute approximate surface area is 100 Å². The van der Waals surface area contributed by atoms with E-state index in [1.54, 1.807) is 11.3 Å². The maximum absolute atomic E-state index is 5.86. The molecule has 0 aliphatic heterocycles. The van der Waals surface area contributed by atoms with E-state index in [2.05, 4.69) is 26.2 Å². The lowest BCUT2D eigenvalue weighted by molar-refractivity contribution is 1.18. The molecule has 0 atom stereocenters. The summed E-state index contributed by atoms with van der Waals surface area (Å²) < 4.78 is 0.989. The van der Waals surface area contributed by atoms with Gasteiger partial charge in [0.2, 0.25) is 0 Å². The van der Waals surface area contributed by atoms with E-state index in [1.807, 2.05) is 29.9 Å². The number of hydrogen-bond donors (Lipinski definition) is 2. The Kier molecular flexibility index (Phi) is 3.23. The molecule has 3 nitrogen and oxygen atoms in total. The second kappa shape index (κ2) is 4.63. The minimum atomic E-state index is 0.744. The molecule has 0 saturated carbocycles. The van der Waals surface area contributed by atoms with E-state index < -0.39 is 0 Å². The van der Waals surface area contributed by atoms with Crippen LogP contribution in [-0.2, 0) is 6.54 Å². The first-order valence-electron chi connectivity index (χ1n) is 4.42. The number of aromatic nitrogens is 1. The molecular weight excluding hydrogens is 274 g/mol. The van der Waals surface area contributed by atoms with Gasteiger partial charge in [-0.3, -0.25) is 4.98 Å². The van der Waals surface area contributed by atoms with E-state index in [0.717, 1.165) is 22.4 Å². The van der Waals surface area contributed by atoms with Crippen LogP contribution in [0.15, 0.2) is 34.4 Å². The van der Waals surface area contributed by atoms with Gasteiger partial charge in [0.1, 0.15) is 0 Å². The highest BCUT2D eigenvalue weighted by molar-refractivity contribution is 9.10. The van der Waals surface area contributed by atoms with E-state index in [1.165, 1.54) is 4.88 Å². The molecule has 0 radical (unpaired) electrons. The maximum atomic E-state index is 5.86. The van der Waals surface area contributed by atoms with E-state index in [-0.39, 0.29) is 0 Å². The lowest BCUT2D eigenvalue weighted by Gasteiger charge is -2.07. The molecule has 1 heterocycles. The average Bonchev–Trinajstić information content (AvgIpc) is 2.69. The van der Waals surface area contributed by atoms with Crippen LogP contribution in [0.3, 0.4) is 0 Å². The summed E-state index contributed by atoms with van der Waals surface area (Å²) >= 11 is 5.00. The maximum Gasteiger partial charge on any atom is 0.0794 e. The summed E-state index contributed by atoms with van der Waals surface area (Å²) in [5.74, 6) is 0. The molecule has 0 bridgehead atoms. The number of benzene rings is 1. The highest BCUT2D eigenvalue weighted by atomic mass is 79.9. The third kappa shape index (κ3) is 2.70. The Hall–Kier alpha value is -1.07. The van der Waals surface area contributed by atoms with Crippen LogP contribution in [-0.4, -0.2) is 4.98 Å². The van der Waals surface area contributed by atoms with Gasteiger partial charge in [0.25, 0.3) is 0 Å². The molecule has 1 aromatic carbocycles. The van der Waals surface area contributed by atoms with E-state index in [4.69, 9.17) is 5.73 Å². The molecule has 2 aromatic rings. The minimum Gasteiger partial charge on any atom is -0.397 e. The van der Waals surface area contributed by atoms with Crippen LogP contribution in [0.4, 0.5) is 11.4 Å². The van der Waals surface area contributed by atoms with Gasteiger partial charge >= 0.3 is 0 Å². The van der Waals surface area contributed by atoms with Crippen LogP contribution in [0.1, 0.15) is 4.88 Å². The highest BCUT2D eigenvalue weighted by Gasteiger charge is 2.00. The molecule has 0 unspecified atom stereocenters. The van der Waals surface area contributed by atoms with Crippen LogP contribution in [0.5, 0.6) is 0 Å². The van der Waals surface area contributed by atoms with Crippen molar-refractivity contribution in [3.05, 3.63) is 39.3 Å². The van der Waals surface area contributed by atoms with E-state index in [0.29, 0.717) is 0 Å².